The molecule has 2 heterocycles. The molecule has 1 aliphatic rings. The molecular formula is C20H25N3O2. The average molecular weight is 339 g/mol. The topological polar surface area (TPSA) is 63.2 Å². The van der Waals surface area contributed by atoms with E-state index in [1.54, 1.807) is 12.4 Å². The zero-order valence-electron chi connectivity index (χ0n) is 14.5. The molecule has 5 heteroatoms. The number of benzene rings is 1. The Morgan fingerprint density at radius 1 is 1.08 bits per heavy atom. The van der Waals surface area contributed by atoms with Crippen LogP contribution in [-0.4, -0.2) is 30.3 Å². The first-order chi connectivity index (χ1) is 12.2. The Balaban J connectivity index is 1.68. The van der Waals surface area contributed by atoms with Crippen molar-refractivity contribution in [1.82, 2.24) is 15.6 Å². The van der Waals surface area contributed by atoms with E-state index in [0.717, 1.165) is 37.2 Å². The lowest BCUT2D eigenvalue weighted by molar-refractivity contribution is 0.0570. The largest absolute Gasteiger partial charge is 0.381 e. The first-order valence-corrected chi connectivity index (χ1v) is 8.83. The number of amides is 2. The van der Waals surface area contributed by atoms with Gasteiger partial charge in [0.1, 0.15) is 0 Å². The van der Waals surface area contributed by atoms with E-state index in [9.17, 15) is 4.79 Å². The van der Waals surface area contributed by atoms with Crippen molar-refractivity contribution in [3.05, 3.63) is 66.0 Å². The van der Waals surface area contributed by atoms with E-state index >= 15 is 0 Å². The zero-order valence-corrected chi connectivity index (χ0v) is 14.5. The monoisotopic (exact) mass is 339 g/mol. The summed E-state index contributed by atoms with van der Waals surface area (Å²) in [4.78, 5) is 16.8. The number of pyridine rings is 1. The molecule has 0 unspecified atom stereocenters. The Labute approximate surface area is 148 Å². The molecule has 1 saturated heterocycles. The van der Waals surface area contributed by atoms with Gasteiger partial charge in [0.05, 0.1) is 6.04 Å². The summed E-state index contributed by atoms with van der Waals surface area (Å²) >= 11 is 0. The van der Waals surface area contributed by atoms with Crippen LogP contribution < -0.4 is 10.6 Å². The molecule has 25 heavy (non-hydrogen) atoms. The highest BCUT2D eigenvalue weighted by atomic mass is 16.5. The summed E-state index contributed by atoms with van der Waals surface area (Å²) in [7, 11) is 0. The highest BCUT2D eigenvalue weighted by Crippen LogP contribution is 2.22. The molecule has 1 aliphatic heterocycles. The van der Waals surface area contributed by atoms with E-state index in [-0.39, 0.29) is 18.1 Å². The number of hydrogen-bond donors (Lipinski definition) is 2. The molecule has 0 bridgehead atoms. The second-order valence-electron chi connectivity index (χ2n) is 6.49. The number of carbonyl (C=O) groups is 1. The lowest BCUT2D eigenvalue weighted by atomic mass is 9.93. The summed E-state index contributed by atoms with van der Waals surface area (Å²) < 4.78 is 5.40. The highest BCUT2D eigenvalue weighted by molar-refractivity contribution is 5.75. The van der Waals surface area contributed by atoms with Gasteiger partial charge in [-0.2, -0.15) is 0 Å². The third-order valence-corrected chi connectivity index (χ3v) is 4.76. The normalized spacial score (nSPS) is 17.5. The predicted molar refractivity (Wildman–Crippen MR) is 97.2 cm³/mol. The Kier molecular flexibility index (Phi) is 6.01. The maximum Gasteiger partial charge on any atom is 0.315 e. The van der Waals surface area contributed by atoms with Gasteiger partial charge in [-0.3, -0.25) is 4.98 Å². The number of rotatable bonds is 5. The number of nitrogens with one attached hydrogen (secondary N) is 2. The summed E-state index contributed by atoms with van der Waals surface area (Å²) in [6, 6.07) is 13.5. The van der Waals surface area contributed by atoms with Gasteiger partial charge in [-0.25, -0.2) is 4.79 Å². The summed E-state index contributed by atoms with van der Waals surface area (Å²) in [6.07, 6.45) is 5.51. The van der Waals surface area contributed by atoms with Crippen LogP contribution in [0.1, 0.15) is 36.9 Å². The second-order valence-corrected chi connectivity index (χ2v) is 6.49. The van der Waals surface area contributed by atoms with Crippen molar-refractivity contribution in [3.8, 4) is 0 Å². The van der Waals surface area contributed by atoms with Gasteiger partial charge in [0.25, 0.3) is 0 Å². The predicted octanol–water partition coefficient (Wildman–Crippen LogP) is 3.29. The van der Waals surface area contributed by atoms with E-state index in [1.807, 2.05) is 42.5 Å². The molecule has 0 saturated carbocycles. The molecule has 2 aromatic rings. The van der Waals surface area contributed by atoms with Gasteiger partial charge in [0, 0.05) is 31.6 Å². The van der Waals surface area contributed by atoms with E-state index in [4.69, 9.17) is 4.74 Å². The van der Waals surface area contributed by atoms with Crippen molar-refractivity contribution in [2.75, 3.05) is 13.2 Å². The van der Waals surface area contributed by atoms with Crippen LogP contribution in [-0.2, 0) is 4.74 Å². The summed E-state index contributed by atoms with van der Waals surface area (Å²) in [5, 5.41) is 6.19. The van der Waals surface area contributed by atoms with Crippen LogP contribution in [0.15, 0.2) is 54.9 Å². The van der Waals surface area contributed by atoms with Crippen molar-refractivity contribution in [3.63, 3.8) is 0 Å². The van der Waals surface area contributed by atoms with Crippen LogP contribution >= 0.6 is 0 Å². The van der Waals surface area contributed by atoms with Crippen molar-refractivity contribution >= 4 is 6.03 Å². The summed E-state index contributed by atoms with van der Waals surface area (Å²) in [5.74, 6) is 0.466. The summed E-state index contributed by atoms with van der Waals surface area (Å²) in [6.45, 7) is 3.62. The molecule has 1 fully saturated rings. The van der Waals surface area contributed by atoms with Gasteiger partial charge >= 0.3 is 6.03 Å². The van der Waals surface area contributed by atoms with Crippen molar-refractivity contribution < 1.29 is 9.53 Å². The van der Waals surface area contributed by atoms with Crippen molar-refractivity contribution in [2.24, 2.45) is 5.92 Å². The quantitative estimate of drug-likeness (QED) is 0.879. The molecule has 2 N–H and O–H groups in total. The molecule has 132 valence electrons. The fourth-order valence-corrected chi connectivity index (χ4v) is 3.26. The lowest BCUT2D eigenvalue weighted by Gasteiger charge is -2.29. The van der Waals surface area contributed by atoms with E-state index in [0.29, 0.717) is 5.92 Å². The van der Waals surface area contributed by atoms with Crippen molar-refractivity contribution in [2.45, 2.75) is 31.8 Å². The smallest absolute Gasteiger partial charge is 0.315 e. The average Bonchev–Trinajstić information content (AvgIpc) is 2.68. The lowest BCUT2D eigenvalue weighted by Crippen LogP contribution is -2.46. The van der Waals surface area contributed by atoms with Crippen LogP contribution in [0.2, 0.25) is 0 Å². The van der Waals surface area contributed by atoms with Gasteiger partial charge in [-0.15, -0.1) is 0 Å². The number of hydrogen-bond acceptors (Lipinski definition) is 3. The summed E-state index contributed by atoms with van der Waals surface area (Å²) in [5.41, 5.74) is 1.99. The Morgan fingerprint density at radius 3 is 2.48 bits per heavy atom. The Bertz CT molecular complexity index is 618. The number of aromatic nitrogens is 1. The van der Waals surface area contributed by atoms with E-state index in [2.05, 4.69) is 22.5 Å². The molecule has 2 atom stereocenters. The minimum absolute atomic E-state index is 0.120. The molecule has 3 rings (SSSR count). The molecule has 1 aromatic heterocycles. The van der Waals surface area contributed by atoms with Crippen LogP contribution in [0.25, 0.3) is 0 Å². The van der Waals surface area contributed by atoms with Gasteiger partial charge in [-0.1, -0.05) is 36.4 Å². The number of nitrogens with zero attached hydrogens (tertiary/aromatic N) is 1. The fraction of sp³-hybridized carbons (Fsp3) is 0.400. The minimum Gasteiger partial charge on any atom is -0.381 e. The van der Waals surface area contributed by atoms with Gasteiger partial charge in [0.2, 0.25) is 0 Å². The Hall–Kier alpha value is -2.40. The maximum atomic E-state index is 12.6. The maximum absolute atomic E-state index is 12.6. The van der Waals surface area contributed by atoms with E-state index in [1.165, 1.54) is 0 Å². The molecule has 2 amide bonds. The molecule has 0 aliphatic carbocycles. The molecular weight excluding hydrogens is 314 g/mol. The minimum atomic E-state index is -0.225. The fourth-order valence-electron chi connectivity index (χ4n) is 3.26. The molecule has 0 spiro atoms. The first-order valence-electron chi connectivity index (χ1n) is 8.83. The van der Waals surface area contributed by atoms with E-state index < -0.39 is 0 Å². The van der Waals surface area contributed by atoms with Crippen LogP contribution in [0.4, 0.5) is 4.79 Å². The molecule has 5 nitrogen and oxygen atoms in total. The van der Waals surface area contributed by atoms with Gasteiger partial charge in [0.15, 0.2) is 0 Å². The van der Waals surface area contributed by atoms with Crippen LogP contribution in [0, 0.1) is 5.92 Å². The van der Waals surface area contributed by atoms with Crippen molar-refractivity contribution in [1.29, 1.82) is 0 Å². The molecule has 0 radical (unpaired) electrons. The highest BCUT2D eigenvalue weighted by Gasteiger charge is 2.23. The standard InChI is InChI=1S/C20H25N3O2/c1-15(16-9-12-25-13-10-16)22-20(24)23-19(17-6-3-2-4-7-17)18-8-5-11-21-14-18/h2-8,11,14-16,19H,9-10,12-13H2,1H3,(H2,22,23,24)/t15-,19+/m0/s1. The zero-order chi connectivity index (χ0) is 17.5. The third-order valence-electron chi connectivity index (χ3n) is 4.76. The van der Waals surface area contributed by atoms with Gasteiger partial charge in [-0.05, 0) is 42.9 Å². The molecule has 1 aromatic carbocycles. The number of carbonyl (C=O) groups excluding carboxylic acids is 1. The van der Waals surface area contributed by atoms with Gasteiger partial charge < -0.3 is 15.4 Å². The van der Waals surface area contributed by atoms with Crippen LogP contribution in [0.3, 0.4) is 0 Å². The third kappa shape index (κ3) is 4.79. The first kappa shape index (κ1) is 17.4. The van der Waals surface area contributed by atoms with Crippen LogP contribution in [0.5, 0.6) is 0 Å². The second kappa shape index (κ2) is 8.62. The number of urea groups is 1. The SMILES string of the molecule is C[C@H](NC(=O)N[C@H](c1ccccc1)c1cccnc1)C1CCOCC1. The Morgan fingerprint density at radius 2 is 1.80 bits per heavy atom. The number of ether oxygens (including phenoxy) is 1.